The molecule has 0 radical (unpaired) electrons. The smallest absolute Gasteiger partial charge is 0.338 e. The van der Waals surface area contributed by atoms with E-state index < -0.39 is 76.1 Å². The maximum Gasteiger partial charge on any atom is 0.338 e. The first-order chi connectivity index (χ1) is 18.9. The average molecular weight is 561 g/mol. The third kappa shape index (κ3) is 3.15. The molecule has 0 aromatic rings. The molecular formula is C29H36O11. The minimum absolute atomic E-state index is 0.114. The number of aliphatic hydroxyl groups excluding tert-OH is 1. The highest BCUT2D eigenvalue weighted by atomic mass is 16.6. The summed E-state index contributed by atoms with van der Waals surface area (Å²) in [5.41, 5.74) is -5.27. The minimum atomic E-state index is -1.54. The minimum Gasteiger partial charge on any atom is -0.462 e. The van der Waals surface area contributed by atoms with Crippen LogP contribution in [0.5, 0.6) is 0 Å². The summed E-state index contributed by atoms with van der Waals surface area (Å²) < 4.78 is 29.8. The first-order valence-electron chi connectivity index (χ1n) is 14.3. The summed E-state index contributed by atoms with van der Waals surface area (Å²) in [5.74, 6) is -2.46. The molecule has 7 fully saturated rings. The van der Waals surface area contributed by atoms with E-state index in [4.69, 9.17) is 23.7 Å². The lowest BCUT2D eigenvalue weighted by Crippen LogP contribution is -2.80. The molecule has 0 aromatic carbocycles. The van der Waals surface area contributed by atoms with E-state index in [2.05, 4.69) is 0 Å². The molecule has 8 bridgehead atoms. The highest BCUT2D eigenvalue weighted by Crippen LogP contribution is 2.74. The van der Waals surface area contributed by atoms with Crippen molar-refractivity contribution in [1.82, 2.24) is 0 Å². The van der Waals surface area contributed by atoms with Crippen LogP contribution in [0.3, 0.4) is 0 Å². The van der Waals surface area contributed by atoms with E-state index in [-0.39, 0.29) is 32.0 Å². The molecule has 11 unspecified atom stereocenters. The predicted octanol–water partition coefficient (Wildman–Crippen LogP) is 0.623. The molecular weight excluding hydrogens is 524 g/mol. The maximum atomic E-state index is 13.3. The molecule has 1 spiro atoms. The van der Waals surface area contributed by atoms with Crippen molar-refractivity contribution in [2.75, 3.05) is 13.2 Å². The van der Waals surface area contributed by atoms with Gasteiger partial charge in [0, 0.05) is 35.3 Å². The van der Waals surface area contributed by atoms with Gasteiger partial charge < -0.3 is 39.0 Å². The fraction of sp³-hybridized carbons (Fsp3) is 0.759. The van der Waals surface area contributed by atoms with Crippen LogP contribution in [-0.4, -0.2) is 93.8 Å². The van der Waals surface area contributed by atoms with E-state index in [1.165, 1.54) is 12.2 Å². The second-order valence-corrected chi connectivity index (χ2v) is 13.2. The molecule has 218 valence electrons. The second kappa shape index (κ2) is 8.38. The molecule has 5 aliphatic heterocycles. The van der Waals surface area contributed by atoms with Crippen LogP contribution < -0.4 is 0 Å². The molecule has 11 atom stereocenters. The van der Waals surface area contributed by atoms with Crippen LogP contribution in [0.25, 0.3) is 0 Å². The number of aliphatic hydroxyl groups is 3. The third-order valence-electron chi connectivity index (χ3n) is 11.6. The summed E-state index contributed by atoms with van der Waals surface area (Å²) >= 11 is 0. The molecule has 5 heterocycles. The largest absolute Gasteiger partial charge is 0.462 e. The van der Waals surface area contributed by atoms with Gasteiger partial charge in [0.05, 0.1) is 24.4 Å². The molecule has 0 amide bonds. The van der Waals surface area contributed by atoms with Crippen LogP contribution in [-0.2, 0) is 38.1 Å². The summed E-state index contributed by atoms with van der Waals surface area (Å²) in [6.07, 6.45) is 2.09. The van der Waals surface area contributed by atoms with Crippen molar-refractivity contribution in [3.63, 3.8) is 0 Å². The van der Waals surface area contributed by atoms with Gasteiger partial charge in [-0.2, -0.15) is 0 Å². The first-order valence-corrected chi connectivity index (χ1v) is 14.3. The van der Waals surface area contributed by atoms with Gasteiger partial charge in [-0.15, -0.1) is 0 Å². The SMILES string of the molecule is CC1(O)CCC23COC(=O)/C=C4\CCOC5(CC/C=C/C(=O)OC6CC7OC2C1CC7(O)C63C)C(O)C(=O)OC45. The number of rotatable bonds is 0. The number of esters is 3. The highest BCUT2D eigenvalue weighted by molar-refractivity contribution is 5.85. The summed E-state index contributed by atoms with van der Waals surface area (Å²) in [6, 6.07) is 0. The van der Waals surface area contributed by atoms with Crippen molar-refractivity contribution >= 4 is 17.9 Å². The standard InChI is InChI=1S/C29H36O11/c1-25(34)8-9-27-14-36-20(31)11-15-6-10-37-28(21(32)24(33)40-22(15)28)7-4-3-5-19(30)38-17-12-18-29(35,26(17,27)2)13-16(25)23(27)39-18/h3,5,11,16-18,21-23,32,34-35H,4,6-10,12-14H2,1-2H3/b5-3+,15-11+. The van der Waals surface area contributed by atoms with Crippen LogP contribution in [0.2, 0.25) is 0 Å². The quantitative estimate of drug-likeness (QED) is 0.282. The molecule has 11 nitrogen and oxygen atoms in total. The van der Waals surface area contributed by atoms with Gasteiger partial charge in [0.25, 0.3) is 0 Å². The second-order valence-electron chi connectivity index (χ2n) is 13.2. The van der Waals surface area contributed by atoms with Gasteiger partial charge in [-0.3, -0.25) is 0 Å². The molecule has 11 heteroatoms. The van der Waals surface area contributed by atoms with Gasteiger partial charge in [0.1, 0.15) is 23.9 Å². The lowest BCUT2D eigenvalue weighted by atomic mass is 9.40. The van der Waals surface area contributed by atoms with Crippen LogP contribution in [0.4, 0.5) is 0 Å². The number of hydrogen-bond donors (Lipinski definition) is 3. The van der Waals surface area contributed by atoms with Gasteiger partial charge in [-0.1, -0.05) is 13.0 Å². The van der Waals surface area contributed by atoms with Crippen molar-refractivity contribution in [3.8, 4) is 0 Å². The Hall–Kier alpha value is -2.31. The molecule has 40 heavy (non-hydrogen) atoms. The Balaban J connectivity index is 1.30. The average Bonchev–Trinajstić information content (AvgIpc) is 3.24. The summed E-state index contributed by atoms with van der Waals surface area (Å²) in [6.45, 7) is 3.71. The van der Waals surface area contributed by atoms with E-state index in [0.29, 0.717) is 37.7 Å². The van der Waals surface area contributed by atoms with Gasteiger partial charge in [-0.05, 0) is 51.0 Å². The van der Waals surface area contributed by atoms with Crippen molar-refractivity contribution in [2.45, 2.75) is 106 Å². The zero-order valence-corrected chi connectivity index (χ0v) is 22.7. The maximum absolute atomic E-state index is 13.3. The Bertz CT molecular complexity index is 1220. The first kappa shape index (κ1) is 26.6. The predicted molar refractivity (Wildman–Crippen MR) is 133 cm³/mol. The Morgan fingerprint density at radius 2 is 1.80 bits per heavy atom. The van der Waals surface area contributed by atoms with E-state index in [0.717, 1.165) is 0 Å². The monoisotopic (exact) mass is 560 g/mol. The Kier molecular flexibility index (Phi) is 5.57. The van der Waals surface area contributed by atoms with E-state index >= 15 is 0 Å². The molecule has 8 rings (SSSR count). The number of carbonyl (C=O) groups is 3. The normalized spacial score (nSPS) is 55.4. The molecule has 4 saturated heterocycles. The number of allylic oxidation sites excluding steroid dienone is 1. The number of carbonyl (C=O) groups excluding carboxylic acids is 3. The van der Waals surface area contributed by atoms with E-state index in [9.17, 15) is 29.7 Å². The topological polar surface area (TPSA) is 158 Å². The lowest BCUT2D eigenvalue weighted by Gasteiger charge is -2.71. The number of cyclic esters (lactones) is 1. The van der Waals surface area contributed by atoms with Gasteiger partial charge in [0.15, 0.2) is 12.2 Å². The fourth-order valence-corrected chi connectivity index (χ4v) is 9.31. The summed E-state index contributed by atoms with van der Waals surface area (Å²) in [7, 11) is 0. The summed E-state index contributed by atoms with van der Waals surface area (Å²) in [4.78, 5) is 38.8. The lowest BCUT2D eigenvalue weighted by molar-refractivity contribution is -0.377. The molecule has 3 saturated carbocycles. The molecule has 3 N–H and O–H groups in total. The highest BCUT2D eigenvalue weighted by Gasteiger charge is 2.83. The van der Waals surface area contributed by atoms with Crippen LogP contribution in [0.15, 0.2) is 23.8 Å². The van der Waals surface area contributed by atoms with Gasteiger partial charge in [-0.25, -0.2) is 14.4 Å². The van der Waals surface area contributed by atoms with E-state index in [1.54, 1.807) is 13.0 Å². The zero-order chi connectivity index (χ0) is 28.3. The van der Waals surface area contributed by atoms with Crippen molar-refractivity contribution in [3.05, 3.63) is 23.8 Å². The van der Waals surface area contributed by atoms with Crippen molar-refractivity contribution in [2.24, 2.45) is 16.7 Å². The molecule has 3 aliphatic carbocycles. The van der Waals surface area contributed by atoms with Crippen LogP contribution in [0, 0.1) is 16.7 Å². The molecule has 0 aromatic heterocycles. The van der Waals surface area contributed by atoms with Crippen LogP contribution >= 0.6 is 0 Å². The van der Waals surface area contributed by atoms with Crippen molar-refractivity contribution < 1.29 is 53.4 Å². The Labute approximate surface area is 231 Å². The molecule has 8 aliphatic rings. The zero-order valence-electron chi connectivity index (χ0n) is 22.7. The Morgan fingerprint density at radius 1 is 1.00 bits per heavy atom. The number of ether oxygens (including phenoxy) is 5. The number of hydrogen-bond acceptors (Lipinski definition) is 11. The van der Waals surface area contributed by atoms with Crippen LogP contribution in [0.1, 0.15) is 58.8 Å². The fourth-order valence-electron chi connectivity index (χ4n) is 9.31. The van der Waals surface area contributed by atoms with Crippen molar-refractivity contribution in [1.29, 1.82) is 0 Å². The van der Waals surface area contributed by atoms with E-state index in [1.807, 2.05) is 6.92 Å². The van der Waals surface area contributed by atoms with Gasteiger partial charge in [0.2, 0.25) is 0 Å². The third-order valence-corrected chi connectivity index (χ3v) is 11.6. The summed E-state index contributed by atoms with van der Waals surface area (Å²) in [5, 5.41) is 34.2. The van der Waals surface area contributed by atoms with Gasteiger partial charge >= 0.3 is 17.9 Å². The Morgan fingerprint density at radius 3 is 2.60 bits per heavy atom.